The summed E-state index contributed by atoms with van der Waals surface area (Å²) in [5.41, 5.74) is 15.9. The minimum atomic E-state index is -0.662. The average Bonchev–Trinajstić information content (AvgIpc) is 3.83. The molecule has 2 aliphatic rings. The van der Waals surface area contributed by atoms with E-state index in [0.29, 0.717) is 0 Å². The molecule has 4 aromatic rings. The molecule has 0 saturated heterocycles. The van der Waals surface area contributed by atoms with Crippen LogP contribution in [0, 0.1) is 64.2 Å². The Kier molecular flexibility index (Phi) is 17.9. The van der Waals surface area contributed by atoms with Crippen LogP contribution in [-0.2, 0) is 38.8 Å². The fourth-order valence-corrected chi connectivity index (χ4v) is 3.90. The Hall–Kier alpha value is -3.42. The number of rotatable bonds is 4. The molecule has 0 atom stereocenters. The van der Waals surface area contributed by atoms with Gasteiger partial charge in [-0.05, 0) is 128 Å². The van der Waals surface area contributed by atoms with Crippen LogP contribution >= 0.6 is 0 Å². The number of carbonyl (C=O) groups is 1. The number of hydrazone groups is 1. The smallest absolute Gasteiger partial charge is 0.741 e. The molecule has 6 rings (SSSR count). The van der Waals surface area contributed by atoms with Crippen LogP contribution in [0.25, 0.3) is 21.5 Å². The van der Waals surface area contributed by atoms with Gasteiger partial charge in [0, 0.05) is 0 Å². The number of hydrogen-bond donors (Lipinski definition) is 3. The first-order chi connectivity index (χ1) is 21.3. The van der Waals surface area contributed by atoms with E-state index in [1.807, 2.05) is 139 Å². The molecule has 2 amide bonds. The molecule has 0 spiro atoms. The van der Waals surface area contributed by atoms with Gasteiger partial charge in [0.1, 0.15) is 0 Å². The summed E-state index contributed by atoms with van der Waals surface area (Å²) in [6.07, 6.45) is 20.0. The predicted octanol–water partition coefficient (Wildman–Crippen LogP) is 6.70. The molecule has 0 bridgehead atoms. The molecule has 0 unspecified atom stereocenters. The number of nitrogens with two attached hydrogens (primary N) is 2. The molecule has 0 aliphatic heterocycles. The summed E-state index contributed by atoms with van der Waals surface area (Å²) in [5, 5.41) is 16.3. The second-order valence-corrected chi connectivity index (χ2v) is 9.76. The fraction of sp³-hybridized carbons (Fsp3) is 0.0556. The molecule has 9 heteroatoms. The molecular weight excluding hydrogens is 656 g/mol. The van der Waals surface area contributed by atoms with E-state index in [9.17, 15) is 4.79 Å². The summed E-state index contributed by atoms with van der Waals surface area (Å²) < 4.78 is 0. The first-order valence-corrected chi connectivity index (χ1v) is 14.2. The number of hydrogen-bond acceptors (Lipinski definition) is 5. The van der Waals surface area contributed by atoms with Crippen molar-refractivity contribution in [3.8, 4) is 0 Å². The Morgan fingerprint density at radius 3 is 1.33 bits per heavy atom. The van der Waals surface area contributed by atoms with Crippen molar-refractivity contribution < 1.29 is 31.0 Å². The van der Waals surface area contributed by atoms with Crippen molar-refractivity contribution in [2.45, 2.75) is 13.8 Å². The van der Waals surface area contributed by atoms with Crippen LogP contribution < -0.4 is 16.9 Å². The number of nitrogens with one attached hydrogen (secondary N) is 1. The number of amides is 2. The van der Waals surface area contributed by atoms with Gasteiger partial charge < -0.3 is 24.1 Å². The number of fused-ring (bicyclic) bond motifs is 2. The van der Waals surface area contributed by atoms with Gasteiger partial charge in [-0.25, -0.2) is 10.2 Å². The molecule has 223 valence electrons. The molecule has 2 fully saturated rings. The van der Waals surface area contributed by atoms with Gasteiger partial charge in [-0.3, -0.25) is 0 Å². The van der Waals surface area contributed by atoms with Crippen LogP contribution in [0.4, 0.5) is 4.79 Å². The van der Waals surface area contributed by atoms with Crippen molar-refractivity contribution >= 4 is 56.8 Å². The Morgan fingerprint density at radius 1 is 0.578 bits per heavy atom. The standard InChI is InChI=1S/C13H13N3O.C13H13N3S.2C5H5.Zr/c2*1-9(15-16-13(14)17)11-7-6-10-4-2-3-5-12(10)8-11;2*1-2-4-5-3-1;/h2*2-8H,1H3,(H3,14,16,17);2*1-5H;/q;;;;+3/p-1/b2*15-9+;;;. The van der Waals surface area contributed by atoms with Crippen LogP contribution in [0.1, 0.15) is 25.0 Å². The van der Waals surface area contributed by atoms with Gasteiger partial charge in [0.2, 0.25) is 0 Å². The molecule has 45 heavy (non-hydrogen) atoms. The van der Waals surface area contributed by atoms with E-state index >= 15 is 0 Å². The molecule has 0 heterocycles. The number of amidine groups is 1. The van der Waals surface area contributed by atoms with Crippen molar-refractivity contribution in [2.75, 3.05) is 0 Å². The van der Waals surface area contributed by atoms with Gasteiger partial charge in [-0.2, -0.15) is 15.3 Å². The molecular formula is C36H35N6OSZr+2. The van der Waals surface area contributed by atoms with Gasteiger partial charge in [-0.1, -0.05) is 72.8 Å². The SMILES string of the molecule is C/C(=N\N=C(\N)[S-])c1ccc2ccccc2c1.C/C(=N\NC(N)=O)c1ccc2ccccc2c1.[CH]1[CH][CH][CH][CH]1.[CH]1[CH][CH][CH][CH]1.[Zr+3]. The summed E-state index contributed by atoms with van der Waals surface area (Å²) in [6, 6.07) is 27.7. The fourth-order valence-electron chi connectivity index (χ4n) is 3.86. The summed E-state index contributed by atoms with van der Waals surface area (Å²) in [4.78, 5) is 10.6. The third-order valence-electron chi connectivity index (χ3n) is 6.08. The summed E-state index contributed by atoms with van der Waals surface area (Å²) in [7, 11) is 0. The normalized spacial score (nSPS) is 14.6. The van der Waals surface area contributed by atoms with Crippen molar-refractivity contribution in [1.82, 2.24) is 5.43 Å². The average molecular weight is 691 g/mol. The molecule has 0 aromatic heterocycles. The van der Waals surface area contributed by atoms with E-state index in [1.165, 1.54) is 16.2 Å². The second kappa shape index (κ2) is 21.3. The number of primary amides is 1. The Morgan fingerprint density at radius 2 is 0.956 bits per heavy atom. The monoisotopic (exact) mass is 689 g/mol. The zero-order valence-electron chi connectivity index (χ0n) is 25.2. The maximum absolute atomic E-state index is 10.6. The van der Waals surface area contributed by atoms with E-state index in [4.69, 9.17) is 11.5 Å². The predicted molar refractivity (Wildman–Crippen MR) is 187 cm³/mol. The number of nitrogens with zero attached hydrogens (tertiary/aromatic N) is 3. The third-order valence-corrected chi connectivity index (χ3v) is 6.16. The van der Waals surface area contributed by atoms with Crippen molar-refractivity contribution in [1.29, 1.82) is 0 Å². The van der Waals surface area contributed by atoms with Crippen molar-refractivity contribution in [2.24, 2.45) is 26.8 Å². The van der Waals surface area contributed by atoms with Gasteiger partial charge in [0.25, 0.3) is 0 Å². The Bertz CT molecular complexity index is 1550. The minimum Gasteiger partial charge on any atom is -0.741 e. The van der Waals surface area contributed by atoms with E-state index in [-0.39, 0.29) is 31.4 Å². The Labute approximate surface area is 292 Å². The van der Waals surface area contributed by atoms with Crippen LogP contribution in [0.5, 0.6) is 0 Å². The number of benzene rings is 4. The topological polar surface area (TPSA) is 118 Å². The maximum atomic E-state index is 10.6. The van der Waals surface area contributed by atoms with Gasteiger partial charge in [0.15, 0.2) is 0 Å². The second-order valence-electron chi connectivity index (χ2n) is 9.35. The van der Waals surface area contributed by atoms with Gasteiger partial charge >= 0.3 is 32.2 Å². The maximum Gasteiger partial charge on any atom is 3.00 e. The zero-order valence-corrected chi connectivity index (χ0v) is 28.4. The van der Waals surface area contributed by atoms with Crippen molar-refractivity contribution in [3.05, 3.63) is 160 Å². The Balaban J connectivity index is 0.000000235. The summed E-state index contributed by atoms with van der Waals surface area (Å²) >= 11 is 4.64. The van der Waals surface area contributed by atoms with Crippen LogP contribution in [-0.4, -0.2) is 22.6 Å². The molecule has 4 aromatic carbocycles. The van der Waals surface area contributed by atoms with Crippen LogP contribution in [0.15, 0.2) is 100 Å². The molecule has 5 N–H and O–H groups in total. The van der Waals surface area contributed by atoms with E-state index in [2.05, 4.69) is 57.6 Å². The molecule has 2 aliphatic carbocycles. The quantitative estimate of drug-likeness (QED) is 0.0958. The first-order valence-electron chi connectivity index (χ1n) is 13.8. The zero-order chi connectivity index (χ0) is 31.6. The third kappa shape index (κ3) is 14.5. The van der Waals surface area contributed by atoms with Gasteiger partial charge in [0.05, 0.1) is 11.4 Å². The van der Waals surface area contributed by atoms with Gasteiger partial charge in [-0.15, -0.1) is 0 Å². The minimum absolute atomic E-state index is 0. The number of urea groups is 1. The summed E-state index contributed by atoms with van der Waals surface area (Å²) in [6.45, 7) is 3.70. The molecule has 7 nitrogen and oxygen atoms in total. The van der Waals surface area contributed by atoms with Crippen LogP contribution in [0.3, 0.4) is 0 Å². The van der Waals surface area contributed by atoms with E-state index in [0.717, 1.165) is 27.9 Å². The largest absolute Gasteiger partial charge is 3.00 e. The first kappa shape index (κ1) is 37.8. The molecule has 11 radical (unpaired) electrons. The van der Waals surface area contributed by atoms with E-state index in [1.54, 1.807) is 0 Å². The van der Waals surface area contributed by atoms with Crippen LogP contribution in [0.2, 0.25) is 0 Å². The number of carbonyl (C=O) groups excluding carboxylic acids is 1. The van der Waals surface area contributed by atoms with E-state index < -0.39 is 6.03 Å². The van der Waals surface area contributed by atoms with Crippen molar-refractivity contribution in [3.63, 3.8) is 0 Å². The molecule has 2 saturated carbocycles. The summed E-state index contributed by atoms with van der Waals surface area (Å²) in [5.74, 6) is 0.